The van der Waals surface area contributed by atoms with E-state index < -0.39 is 22.8 Å². The molecule has 0 saturated carbocycles. The van der Waals surface area contributed by atoms with Crippen molar-refractivity contribution in [3.63, 3.8) is 0 Å². The minimum atomic E-state index is -0.824. The first kappa shape index (κ1) is 59.1. The molecule has 4 N–H and O–H groups in total. The molecule has 19 heteroatoms. The Morgan fingerprint density at radius 2 is 1.20 bits per heavy atom. The van der Waals surface area contributed by atoms with Crippen molar-refractivity contribution in [1.82, 2.24) is 25.3 Å². The fourth-order valence-electron chi connectivity index (χ4n) is 2.36. The molecule has 1 heterocycles. The fourth-order valence-corrected chi connectivity index (χ4v) is 2.49. The van der Waals surface area contributed by atoms with Gasteiger partial charge in [-0.05, 0) is 69.4 Å². The van der Waals surface area contributed by atoms with Crippen molar-refractivity contribution in [2.24, 2.45) is 0 Å². The Hall–Kier alpha value is -3.03. The number of carbonyl (C=O) groups is 7. The molecule has 0 radical (unpaired) electrons. The molecular weight excluding hydrogens is 794 g/mol. The number of amides is 5. The van der Waals surface area contributed by atoms with Crippen LogP contribution in [0.5, 0.6) is 0 Å². The topological polar surface area (TPSA) is 221 Å². The molecule has 0 aromatic heterocycles. The lowest BCUT2D eigenvalue weighted by molar-refractivity contribution is -0.147. The molecule has 0 bridgehead atoms. The monoisotopic (exact) mass is 855 g/mol. The predicted molar refractivity (Wildman–Crippen MR) is 199 cm³/mol. The largest absolute Gasteiger partial charge is 0.480 e. The van der Waals surface area contributed by atoms with E-state index in [1.165, 1.54) is 23.9 Å². The zero-order valence-corrected chi connectivity index (χ0v) is 34.5. The lowest BCUT2D eigenvalue weighted by Crippen LogP contribution is -2.45. The molecule has 1 rings (SSSR count). The number of carbonyl (C=O) groups excluding carboxylic acids is 6. The number of nitrogens with zero attached hydrogens (tertiary/aromatic N) is 3. The molecule has 1 aliphatic rings. The molecule has 0 aromatic carbocycles. The summed E-state index contributed by atoms with van der Waals surface area (Å²) in [6.07, 6.45) is 0. The maximum absolute atomic E-state index is 11.2. The summed E-state index contributed by atoms with van der Waals surface area (Å²) in [6.45, 7) is 16.8. The zero-order valence-electron chi connectivity index (χ0n) is 31.3. The van der Waals surface area contributed by atoms with Gasteiger partial charge in [-0.25, -0.2) is 14.4 Å². The summed E-state index contributed by atoms with van der Waals surface area (Å²) >= 11 is 5.91. The third kappa shape index (κ3) is 29.8. The van der Waals surface area contributed by atoms with E-state index in [9.17, 15) is 33.6 Å². The second kappa shape index (κ2) is 35.8. The average Bonchev–Trinajstić information content (AvgIpc) is 3.22. The summed E-state index contributed by atoms with van der Waals surface area (Å²) in [7, 11) is 7.89. The van der Waals surface area contributed by atoms with E-state index >= 15 is 0 Å². The molecule has 0 spiro atoms. The summed E-state index contributed by atoms with van der Waals surface area (Å²) in [6, 6.07) is -1.57. The quantitative estimate of drug-likeness (QED) is 0.114. The van der Waals surface area contributed by atoms with Crippen LogP contribution in [0, 0.1) is 0 Å². The number of esters is 3. The van der Waals surface area contributed by atoms with Gasteiger partial charge in [0, 0.05) is 34.8 Å². The van der Waals surface area contributed by atoms with Crippen LogP contribution >= 0.6 is 31.9 Å². The Kier molecular flexibility index (Phi) is 42.3. The number of hydrogen-bond donors (Lipinski definition) is 4. The van der Waals surface area contributed by atoms with Crippen LogP contribution in [0.25, 0.3) is 0 Å². The highest BCUT2D eigenvalue weighted by atomic mass is 79.9. The van der Waals surface area contributed by atoms with Crippen LogP contribution in [0.4, 0.5) is 9.59 Å². The van der Waals surface area contributed by atoms with Gasteiger partial charge in [0.05, 0.1) is 19.8 Å². The molecule has 1 fully saturated rings. The van der Waals surface area contributed by atoms with Gasteiger partial charge in [-0.2, -0.15) is 0 Å². The highest BCUT2D eigenvalue weighted by Gasteiger charge is 2.37. The van der Waals surface area contributed by atoms with E-state index in [4.69, 9.17) is 19.7 Å². The Labute approximate surface area is 315 Å². The third-order valence-corrected chi connectivity index (χ3v) is 6.39. The highest BCUT2D eigenvalue weighted by Crippen LogP contribution is 2.11. The molecule has 5 atom stereocenters. The number of alkyl halides is 2. The number of likely N-dealkylation sites (N-methyl/N-ethyl adjacent to an activating group) is 4. The molecule has 0 aromatic rings. The van der Waals surface area contributed by atoms with Crippen LogP contribution in [0.2, 0.25) is 0 Å². The van der Waals surface area contributed by atoms with E-state index in [0.717, 1.165) is 4.90 Å². The summed E-state index contributed by atoms with van der Waals surface area (Å²) < 4.78 is 14.1. The lowest BCUT2D eigenvalue weighted by atomic mass is 10.3. The van der Waals surface area contributed by atoms with E-state index in [2.05, 4.69) is 47.2 Å². The van der Waals surface area contributed by atoms with Gasteiger partial charge in [-0.1, -0.05) is 39.3 Å². The van der Waals surface area contributed by atoms with Gasteiger partial charge in [0.2, 0.25) is 0 Å². The maximum Gasteiger partial charge on any atom is 0.328 e. The number of carboxylic acid groups (broad SMARTS) is 1. The number of imide groups is 1. The van der Waals surface area contributed by atoms with Crippen molar-refractivity contribution in [3.8, 4) is 0 Å². The van der Waals surface area contributed by atoms with Crippen LogP contribution in [0.3, 0.4) is 0 Å². The van der Waals surface area contributed by atoms with Gasteiger partial charge in [0.15, 0.2) is 0 Å². The smallest absolute Gasteiger partial charge is 0.328 e. The molecule has 298 valence electrons. The van der Waals surface area contributed by atoms with Crippen molar-refractivity contribution >= 4 is 73.7 Å². The van der Waals surface area contributed by atoms with Crippen molar-refractivity contribution in [3.05, 3.63) is 0 Å². The van der Waals surface area contributed by atoms with E-state index in [-0.39, 0.29) is 60.9 Å². The van der Waals surface area contributed by atoms with E-state index in [1.54, 1.807) is 83.5 Å². The molecule has 5 amide bonds. The number of carboxylic acids is 1. The molecule has 17 nitrogen and oxygen atoms in total. The minimum Gasteiger partial charge on any atom is -0.480 e. The number of halogens is 2. The van der Waals surface area contributed by atoms with Gasteiger partial charge < -0.3 is 44.9 Å². The van der Waals surface area contributed by atoms with Crippen LogP contribution in [-0.4, -0.2) is 156 Å². The summed E-state index contributed by atoms with van der Waals surface area (Å²) in [5.41, 5.74) is 0. The number of nitrogens with one attached hydrogen (secondary N) is 2. The number of ether oxygens (including phenoxy) is 3. The first-order valence-corrected chi connectivity index (χ1v) is 17.2. The van der Waals surface area contributed by atoms with Gasteiger partial charge in [0.1, 0.15) is 27.8 Å². The predicted octanol–water partition coefficient (Wildman–Crippen LogP) is 3.09. The second-order valence-corrected chi connectivity index (χ2v) is 12.2. The van der Waals surface area contributed by atoms with Crippen molar-refractivity contribution in [2.45, 2.75) is 97.5 Å². The third-order valence-electron chi connectivity index (χ3n) is 5.63. The minimum absolute atomic E-state index is 0. The van der Waals surface area contributed by atoms with Crippen LogP contribution in [0.15, 0.2) is 0 Å². The first-order chi connectivity index (χ1) is 22.5. The van der Waals surface area contributed by atoms with Gasteiger partial charge in [0.25, 0.3) is 5.91 Å². The van der Waals surface area contributed by atoms with Crippen molar-refractivity contribution < 1.29 is 58.0 Å². The fraction of sp³-hybridized carbons (Fsp3) is 0.774. The standard InChI is InChI=1S/C8H16N2O3.C6H10N2O2.C6H13NO2.C5H9BrO2.C3H5BrO2.C2H6O.CH4/c1-5-13-7(11)6(2)10(4)8(12)9-3;1-4-5(9)8(3)6(10)7(4)2;1-4-9-6(8)5(2)7-3;1-3-8-5(7)4(2)6;1-2(4)3(5)6;1-2-3;/h6H,5H2,1-4H3,(H,9,12);4H,1-3H3;5,7H,4H2,1-3H3;4H,3H2,1-2H3;2H,1H3,(H,5,6);3H,2H2,1H3;1H4/t6-;4-;5-;4-;2-;;/m11100../s1. The Morgan fingerprint density at radius 3 is 1.40 bits per heavy atom. The van der Waals surface area contributed by atoms with E-state index in [1.807, 2.05) is 0 Å². The van der Waals surface area contributed by atoms with Crippen LogP contribution in [-0.2, 0) is 38.2 Å². The maximum atomic E-state index is 11.2. The highest BCUT2D eigenvalue weighted by molar-refractivity contribution is 9.10. The summed E-state index contributed by atoms with van der Waals surface area (Å²) in [4.78, 5) is 78.2. The number of hydrogen-bond acceptors (Lipinski definition) is 12. The van der Waals surface area contributed by atoms with Gasteiger partial charge >= 0.3 is 35.9 Å². The van der Waals surface area contributed by atoms with Gasteiger partial charge in [-0.15, -0.1) is 0 Å². The number of aliphatic carboxylic acids is 1. The molecule has 0 unspecified atom stereocenters. The molecule has 1 saturated heterocycles. The Bertz CT molecular complexity index is 954. The number of rotatable bonds is 9. The molecular formula is C31H63Br2N5O12. The van der Waals surface area contributed by atoms with Crippen LogP contribution in [0.1, 0.15) is 69.7 Å². The number of aliphatic hydroxyl groups excluding tert-OH is 1. The summed E-state index contributed by atoms with van der Waals surface area (Å²) in [5, 5.41) is 20.7. The second-order valence-electron chi connectivity index (χ2n) is 9.46. The van der Waals surface area contributed by atoms with E-state index in [0.29, 0.717) is 19.8 Å². The normalized spacial score (nSPS) is 14.7. The lowest BCUT2D eigenvalue weighted by Gasteiger charge is -2.22. The molecule has 0 aliphatic carbocycles. The SMILES string of the molecule is C.CCO.CCOC(=O)[C@@H](C)N(C)C(=O)NC.CCOC(=O)[C@@H](C)NC.CCOC(=O)[C@H](C)Br.C[C@@H]1C(=O)N(C)C(=O)N1C.C[C@H](Br)C(=O)O. The zero-order chi connectivity index (χ0) is 40.0. The first-order valence-electron chi connectivity index (χ1n) is 15.3. The molecule has 1 aliphatic heterocycles. The van der Waals surface area contributed by atoms with Crippen molar-refractivity contribution in [1.29, 1.82) is 0 Å². The average molecular weight is 858 g/mol. The number of urea groups is 2. The van der Waals surface area contributed by atoms with Crippen molar-refractivity contribution in [2.75, 3.05) is 61.7 Å². The Balaban J connectivity index is -0.000000120. The van der Waals surface area contributed by atoms with Gasteiger partial charge in [-0.3, -0.25) is 24.1 Å². The number of aliphatic hydroxyl groups is 1. The summed E-state index contributed by atoms with van der Waals surface area (Å²) in [5.74, 6) is -1.75. The molecule has 50 heavy (non-hydrogen) atoms. The Morgan fingerprint density at radius 1 is 0.840 bits per heavy atom. The van der Waals surface area contributed by atoms with Crippen LogP contribution < -0.4 is 10.6 Å².